The number of fused-ring (bicyclic) bond motifs is 1. The largest absolute Gasteiger partial charge is 0.486 e. The van der Waals surface area contributed by atoms with Crippen LogP contribution in [0, 0.1) is 19.3 Å². The number of carboxylic acids is 1. The molecule has 39 heavy (non-hydrogen) atoms. The Bertz CT molecular complexity index is 1410. The fraction of sp³-hybridized carbons (Fsp3) is 0.419. The van der Waals surface area contributed by atoms with Gasteiger partial charge in [0.1, 0.15) is 11.4 Å². The van der Waals surface area contributed by atoms with E-state index >= 15 is 0 Å². The standard InChI is InChI=1S/C31H39N5O3/c1-19-6-7-21(14-22(19)16-36-17-23-15-34-13-10-26(23)39-30(3,4)18-36)27(31(11-12-31)29(37)38)24-8-9-25(35(5)33)28(32)20(24)2/h6-10,13-15,27H,11-12,16-18,32-33H2,1-5H3,(H,37,38). The Morgan fingerprint density at radius 1 is 1.21 bits per heavy atom. The van der Waals surface area contributed by atoms with Crippen LogP contribution in [0.25, 0.3) is 0 Å². The molecular weight excluding hydrogens is 490 g/mol. The molecule has 2 heterocycles. The van der Waals surface area contributed by atoms with E-state index in [1.165, 1.54) is 16.1 Å². The molecule has 1 unspecified atom stereocenters. The fourth-order valence-electron chi connectivity index (χ4n) is 6.10. The number of anilines is 2. The number of nitrogen functional groups attached to an aromatic ring is 1. The third-order valence-corrected chi connectivity index (χ3v) is 8.34. The highest BCUT2D eigenvalue weighted by atomic mass is 16.5. The molecule has 8 heteroatoms. The lowest BCUT2D eigenvalue weighted by atomic mass is 9.75. The normalized spacial score (nSPS) is 18.4. The quantitative estimate of drug-likeness (QED) is 0.228. The number of ether oxygens (including phenoxy) is 1. The summed E-state index contributed by atoms with van der Waals surface area (Å²) in [4.78, 5) is 19.4. The van der Waals surface area contributed by atoms with Crippen molar-refractivity contribution >= 4 is 17.3 Å². The van der Waals surface area contributed by atoms with Crippen LogP contribution in [0.15, 0.2) is 48.8 Å². The number of aliphatic carboxylic acids is 1. The van der Waals surface area contributed by atoms with Gasteiger partial charge in [0.15, 0.2) is 0 Å². The first-order chi connectivity index (χ1) is 18.4. The molecule has 8 nitrogen and oxygen atoms in total. The van der Waals surface area contributed by atoms with Crippen LogP contribution in [0.5, 0.6) is 5.75 Å². The molecule has 1 saturated carbocycles. The second-order valence-corrected chi connectivity index (χ2v) is 11.9. The third kappa shape index (κ3) is 5.06. The molecule has 1 aromatic heterocycles. The predicted octanol–water partition coefficient (Wildman–Crippen LogP) is 4.76. The van der Waals surface area contributed by atoms with Crippen molar-refractivity contribution in [3.63, 3.8) is 0 Å². The van der Waals surface area contributed by atoms with Gasteiger partial charge in [-0.1, -0.05) is 24.3 Å². The molecule has 0 radical (unpaired) electrons. The summed E-state index contributed by atoms with van der Waals surface area (Å²) in [6.45, 7) is 10.5. The van der Waals surface area contributed by atoms with Crippen molar-refractivity contribution in [1.29, 1.82) is 0 Å². The van der Waals surface area contributed by atoms with E-state index in [-0.39, 0.29) is 11.5 Å². The molecule has 0 spiro atoms. The van der Waals surface area contributed by atoms with Crippen molar-refractivity contribution in [2.45, 2.75) is 65.1 Å². The Morgan fingerprint density at radius 3 is 2.62 bits per heavy atom. The zero-order chi connectivity index (χ0) is 28.1. The molecule has 0 bridgehead atoms. The minimum atomic E-state index is -0.844. The Labute approximate surface area is 230 Å². The summed E-state index contributed by atoms with van der Waals surface area (Å²) < 4.78 is 6.32. The van der Waals surface area contributed by atoms with E-state index < -0.39 is 11.4 Å². The summed E-state index contributed by atoms with van der Waals surface area (Å²) in [6.07, 6.45) is 4.91. The number of carboxylic acid groups (broad SMARTS) is 1. The number of aryl methyl sites for hydroxylation is 1. The molecule has 1 aliphatic carbocycles. The lowest BCUT2D eigenvalue weighted by Gasteiger charge is -2.31. The summed E-state index contributed by atoms with van der Waals surface area (Å²) >= 11 is 0. The number of benzene rings is 2. The number of carbonyl (C=O) groups is 1. The number of hydrazine groups is 1. The molecule has 5 rings (SSSR count). The lowest BCUT2D eigenvalue weighted by Crippen LogP contribution is -2.40. The average Bonchev–Trinajstić information content (AvgIpc) is 3.67. The number of hydrogen-bond acceptors (Lipinski definition) is 7. The summed E-state index contributed by atoms with van der Waals surface area (Å²) in [7, 11) is 1.75. The van der Waals surface area contributed by atoms with Gasteiger partial charge in [0, 0.05) is 50.6 Å². The molecule has 0 amide bonds. The summed E-state index contributed by atoms with van der Waals surface area (Å²) in [5.41, 5.74) is 12.8. The van der Waals surface area contributed by atoms with E-state index in [1.807, 2.05) is 31.3 Å². The number of nitrogens with zero attached hydrogens (tertiary/aromatic N) is 3. The van der Waals surface area contributed by atoms with E-state index in [0.717, 1.165) is 46.8 Å². The van der Waals surface area contributed by atoms with Crippen molar-refractivity contribution < 1.29 is 14.6 Å². The maximum atomic E-state index is 12.7. The molecule has 0 saturated heterocycles. The first kappa shape index (κ1) is 27.0. The van der Waals surface area contributed by atoms with E-state index in [2.05, 4.69) is 48.9 Å². The Morgan fingerprint density at radius 2 is 1.95 bits per heavy atom. The number of pyridine rings is 1. The van der Waals surface area contributed by atoms with Crippen LogP contribution < -0.4 is 21.3 Å². The van der Waals surface area contributed by atoms with Gasteiger partial charge < -0.3 is 20.6 Å². The summed E-state index contributed by atoms with van der Waals surface area (Å²) in [5.74, 6) is 5.79. The van der Waals surface area contributed by atoms with E-state index in [0.29, 0.717) is 25.1 Å². The van der Waals surface area contributed by atoms with Gasteiger partial charge in [-0.3, -0.25) is 14.7 Å². The van der Waals surface area contributed by atoms with E-state index in [1.54, 1.807) is 13.2 Å². The first-order valence-electron chi connectivity index (χ1n) is 13.5. The van der Waals surface area contributed by atoms with Crippen molar-refractivity contribution in [2.75, 3.05) is 24.3 Å². The van der Waals surface area contributed by atoms with Crippen molar-refractivity contribution in [3.8, 4) is 5.75 Å². The van der Waals surface area contributed by atoms with Gasteiger partial charge >= 0.3 is 5.97 Å². The lowest BCUT2D eigenvalue weighted by molar-refractivity contribution is -0.143. The van der Waals surface area contributed by atoms with Crippen molar-refractivity contribution in [2.24, 2.45) is 11.3 Å². The number of rotatable bonds is 7. The summed E-state index contributed by atoms with van der Waals surface area (Å²) in [6, 6.07) is 12.2. The number of aromatic nitrogens is 1. The van der Waals surface area contributed by atoms with Gasteiger partial charge in [-0.05, 0) is 80.5 Å². The Kier molecular flexibility index (Phi) is 6.81. The Hall–Kier alpha value is -3.62. The maximum absolute atomic E-state index is 12.7. The molecule has 1 fully saturated rings. The van der Waals surface area contributed by atoms with Crippen LogP contribution in [0.2, 0.25) is 0 Å². The minimum absolute atomic E-state index is 0.317. The molecule has 3 aromatic rings. The van der Waals surface area contributed by atoms with Gasteiger partial charge in [-0.25, -0.2) is 5.84 Å². The minimum Gasteiger partial charge on any atom is -0.486 e. The van der Waals surface area contributed by atoms with Crippen LogP contribution in [0.3, 0.4) is 0 Å². The van der Waals surface area contributed by atoms with Gasteiger partial charge in [0.05, 0.1) is 16.8 Å². The van der Waals surface area contributed by atoms with Crippen molar-refractivity contribution in [3.05, 3.63) is 82.2 Å². The van der Waals surface area contributed by atoms with E-state index in [9.17, 15) is 9.90 Å². The second kappa shape index (κ2) is 9.84. The highest BCUT2D eigenvalue weighted by molar-refractivity contribution is 5.82. The smallest absolute Gasteiger partial charge is 0.310 e. The van der Waals surface area contributed by atoms with Gasteiger partial charge in [-0.2, -0.15) is 0 Å². The molecule has 206 valence electrons. The average molecular weight is 530 g/mol. The fourth-order valence-corrected chi connectivity index (χ4v) is 6.10. The van der Waals surface area contributed by atoms with Crippen LogP contribution in [0.1, 0.15) is 66.0 Å². The zero-order valence-corrected chi connectivity index (χ0v) is 23.5. The first-order valence-corrected chi connectivity index (χ1v) is 13.5. The van der Waals surface area contributed by atoms with E-state index in [4.69, 9.17) is 16.3 Å². The van der Waals surface area contributed by atoms with Crippen LogP contribution in [0.4, 0.5) is 11.4 Å². The molecule has 1 aliphatic heterocycles. The molecule has 5 N–H and O–H groups in total. The predicted molar refractivity (Wildman–Crippen MR) is 154 cm³/mol. The monoisotopic (exact) mass is 529 g/mol. The molecular formula is C31H39N5O3. The molecule has 1 atom stereocenters. The van der Waals surface area contributed by atoms with Gasteiger partial charge in [0.25, 0.3) is 0 Å². The SMILES string of the molecule is Cc1ccc(C(c2ccc(N(C)N)c(N)c2C)C2(C(=O)O)CC2)cc1CN1Cc2cnccc2OC(C)(C)C1. The highest BCUT2D eigenvalue weighted by Gasteiger charge is 2.57. The van der Waals surface area contributed by atoms with Crippen LogP contribution >= 0.6 is 0 Å². The van der Waals surface area contributed by atoms with Gasteiger partial charge in [0.2, 0.25) is 0 Å². The Balaban J connectivity index is 1.55. The van der Waals surface area contributed by atoms with Crippen molar-refractivity contribution in [1.82, 2.24) is 9.88 Å². The van der Waals surface area contributed by atoms with Gasteiger partial charge in [-0.15, -0.1) is 0 Å². The molecule has 2 aromatic carbocycles. The number of nitrogens with two attached hydrogens (primary N) is 2. The highest BCUT2D eigenvalue weighted by Crippen LogP contribution is 2.59. The maximum Gasteiger partial charge on any atom is 0.310 e. The summed E-state index contributed by atoms with van der Waals surface area (Å²) in [5, 5.41) is 11.9. The van der Waals surface area contributed by atoms with Crippen LogP contribution in [-0.4, -0.2) is 40.2 Å². The number of hydrogen-bond donors (Lipinski definition) is 3. The zero-order valence-electron chi connectivity index (χ0n) is 23.5. The third-order valence-electron chi connectivity index (χ3n) is 8.34. The topological polar surface area (TPSA) is 118 Å². The second-order valence-electron chi connectivity index (χ2n) is 11.9. The van der Waals surface area contributed by atoms with Crippen LogP contribution in [-0.2, 0) is 17.9 Å². The molecule has 2 aliphatic rings.